The van der Waals surface area contributed by atoms with Crippen LogP contribution in [0.4, 0.5) is 17.1 Å². The van der Waals surface area contributed by atoms with E-state index in [9.17, 15) is 0 Å². The standard InChI is InChI=1S/C56H53B2NO4/c1-34-53(60-34)62-44-26-13-36(14-27-44)38-17-30-47-51(33-38)59-50-12-10-9-11-46(50)57(42-22-18-40(19-23-42)55(3,4)5)48-31-39(37-15-28-45(29-16-37)63-54-35(2)61-54)32-49(52(48)59)58(47)43-24-20-41(21-25-43)56(6,7)8/h9-35,53-54H,1-8H3. The molecule has 0 bridgehead atoms. The summed E-state index contributed by atoms with van der Waals surface area (Å²) in [6.45, 7) is 17.8. The van der Waals surface area contributed by atoms with E-state index in [2.05, 4.69) is 198 Å². The normalized spacial score (nSPS) is 19.5. The van der Waals surface area contributed by atoms with Crippen molar-refractivity contribution in [2.75, 3.05) is 4.90 Å². The highest BCUT2D eigenvalue weighted by Crippen LogP contribution is 2.41. The molecular formula is C56H53B2NO4. The minimum Gasteiger partial charge on any atom is -0.462 e. The Bertz CT molecular complexity index is 2840. The molecule has 312 valence electrons. The number of benzene rings is 7. The number of ether oxygens (including phenoxy) is 4. The predicted octanol–water partition coefficient (Wildman–Crippen LogP) is 8.99. The highest BCUT2D eigenvalue weighted by Gasteiger charge is 2.44. The second kappa shape index (κ2) is 14.8. The molecule has 4 aliphatic heterocycles. The quantitative estimate of drug-likeness (QED) is 0.113. The number of rotatable bonds is 8. The van der Waals surface area contributed by atoms with E-state index < -0.39 is 0 Å². The molecule has 0 spiro atoms. The van der Waals surface area contributed by atoms with Crippen molar-refractivity contribution in [3.63, 3.8) is 0 Å². The molecule has 0 saturated carbocycles. The lowest BCUT2D eigenvalue weighted by Gasteiger charge is -2.44. The van der Waals surface area contributed by atoms with E-state index >= 15 is 0 Å². The largest absolute Gasteiger partial charge is 0.462 e. The van der Waals surface area contributed by atoms with E-state index in [-0.39, 0.29) is 49.0 Å². The number of fused-ring (bicyclic) bond motifs is 4. The minimum atomic E-state index is -0.175. The van der Waals surface area contributed by atoms with Crippen LogP contribution in [0.15, 0.2) is 152 Å². The molecule has 5 nitrogen and oxygen atoms in total. The molecule has 7 aromatic rings. The highest BCUT2D eigenvalue weighted by molar-refractivity contribution is 7.02. The Kier molecular flexibility index (Phi) is 9.35. The van der Waals surface area contributed by atoms with Crippen molar-refractivity contribution < 1.29 is 18.9 Å². The zero-order valence-electron chi connectivity index (χ0n) is 37.5. The van der Waals surface area contributed by atoms with Crippen LogP contribution in [0.2, 0.25) is 0 Å². The first-order valence-electron chi connectivity index (χ1n) is 22.6. The summed E-state index contributed by atoms with van der Waals surface area (Å²) < 4.78 is 23.3. The summed E-state index contributed by atoms with van der Waals surface area (Å²) in [5.74, 6) is 1.64. The Balaban J connectivity index is 1.13. The van der Waals surface area contributed by atoms with Gasteiger partial charge in [0.15, 0.2) is 0 Å². The van der Waals surface area contributed by atoms with Gasteiger partial charge in [-0.15, -0.1) is 0 Å². The lowest BCUT2D eigenvalue weighted by molar-refractivity contribution is 0.178. The van der Waals surface area contributed by atoms with Gasteiger partial charge in [0.1, 0.15) is 23.7 Å². The average Bonchev–Trinajstić information content (AvgIpc) is 4.19. The first kappa shape index (κ1) is 39.8. The third kappa shape index (κ3) is 7.25. The molecule has 7 heteroatoms. The van der Waals surface area contributed by atoms with Crippen molar-refractivity contribution in [1.82, 2.24) is 0 Å². The summed E-state index contributed by atoms with van der Waals surface area (Å²) in [5.41, 5.74) is 18.8. The Morgan fingerprint density at radius 2 is 0.873 bits per heavy atom. The SMILES string of the molecule is CC1OC1Oc1ccc(-c2cc3c4c(c2)B(c2ccc(C(C)(C)C)cc2)c2ccc(-c5ccc(OC6OC6C)cc5)cc2N4c2ccccc2B3c2ccc(C(C)(C)C)cc2)cc1. The summed E-state index contributed by atoms with van der Waals surface area (Å²) >= 11 is 0. The van der Waals surface area contributed by atoms with Crippen molar-refractivity contribution in [3.8, 4) is 33.8 Å². The van der Waals surface area contributed by atoms with Crippen LogP contribution in [-0.2, 0) is 20.3 Å². The number of anilines is 3. The molecule has 4 atom stereocenters. The Morgan fingerprint density at radius 3 is 1.33 bits per heavy atom. The third-order valence-corrected chi connectivity index (χ3v) is 13.5. The first-order valence-corrected chi connectivity index (χ1v) is 22.6. The van der Waals surface area contributed by atoms with E-state index in [1.165, 1.54) is 66.5 Å². The molecule has 0 radical (unpaired) electrons. The number of epoxide rings is 2. The van der Waals surface area contributed by atoms with Crippen LogP contribution in [0.5, 0.6) is 11.5 Å². The topological polar surface area (TPSA) is 46.8 Å². The van der Waals surface area contributed by atoms with E-state index in [0.717, 1.165) is 28.2 Å². The molecule has 0 aromatic heterocycles. The van der Waals surface area contributed by atoms with Crippen LogP contribution in [0.1, 0.15) is 66.5 Å². The maximum atomic E-state index is 6.11. The average molecular weight is 826 g/mol. The Hall–Kier alpha value is -6.01. The maximum absolute atomic E-state index is 6.11. The van der Waals surface area contributed by atoms with Crippen LogP contribution in [-0.4, -0.2) is 38.2 Å². The molecule has 63 heavy (non-hydrogen) atoms. The second-order valence-electron chi connectivity index (χ2n) is 20.0. The smallest absolute Gasteiger partial charge is 0.246 e. The molecule has 2 saturated heterocycles. The summed E-state index contributed by atoms with van der Waals surface area (Å²) in [6, 6.07) is 56.9. The summed E-state index contributed by atoms with van der Waals surface area (Å²) in [5, 5.41) is 0. The van der Waals surface area contributed by atoms with Gasteiger partial charge in [0, 0.05) is 17.1 Å². The lowest BCUT2D eigenvalue weighted by atomic mass is 9.30. The van der Waals surface area contributed by atoms with Crippen molar-refractivity contribution in [1.29, 1.82) is 0 Å². The number of hydrogen-bond donors (Lipinski definition) is 0. The van der Waals surface area contributed by atoms with E-state index in [4.69, 9.17) is 18.9 Å². The fourth-order valence-electron chi connectivity index (χ4n) is 9.72. The second-order valence-corrected chi connectivity index (χ2v) is 20.0. The monoisotopic (exact) mass is 825 g/mol. The van der Waals surface area contributed by atoms with Gasteiger partial charge in [-0.05, 0) is 116 Å². The van der Waals surface area contributed by atoms with Crippen LogP contribution < -0.4 is 47.2 Å². The minimum absolute atomic E-state index is 0.00985. The van der Waals surface area contributed by atoms with Crippen molar-refractivity contribution in [2.45, 2.75) is 91.0 Å². The summed E-state index contributed by atoms with van der Waals surface area (Å²) in [7, 11) is 0. The van der Waals surface area contributed by atoms with Gasteiger partial charge in [-0.3, -0.25) is 0 Å². The molecule has 7 aromatic carbocycles. The molecule has 11 rings (SSSR count). The maximum Gasteiger partial charge on any atom is 0.246 e. The zero-order valence-corrected chi connectivity index (χ0v) is 37.5. The van der Waals surface area contributed by atoms with Crippen LogP contribution in [0.25, 0.3) is 22.3 Å². The molecular weight excluding hydrogens is 772 g/mol. The molecule has 4 heterocycles. The highest BCUT2D eigenvalue weighted by atomic mass is 16.8. The fourth-order valence-corrected chi connectivity index (χ4v) is 9.72. The van der Waals surface area contributed by atoms with Gasteiger partial charge >= 0.3 is 0 Å². The van der Waals surface area contributed by atoms with Gasteiger partial charge < -0.3 is 23.8 Å². The molecule has 0 N–H and O–H groups in total. The zero-order chi connectivity index (χ0) is 43.4. The number of hydrogen-bond acceptors (Lipinski definition) is 5. The molecule has 4 unspecified atom stereocenters. The van der Waals surface area contributed by atoms with Gasteiger partial charge in [-0.1, -0.05) is 168 Å². The molecule has 0 amide bonds. The fraction of sp³-hybridized carbons (Fsp3) is 0.250. The van der Waals surface area contributed by atoms with E-state index in [0.29, 0.717) is 0 Å². The van der Waals surface area contributed by atoms with Crippen molar-refractivity contribution in [2.24, 2.45) is 0 Å². The number of para-hydroxylation sites is 1. The lowest BCUT2D eigenvalue weighted by Crippen LogP contribution is -2.65. The van der Waals surface area contributed by atoms with Gasteiger partial charge in [0.05, 0.1) is 0 Å². The van der Waals surface area contributed by atoms with Crippen LogP contribution in [0.3, 0.4) is 0 Å². The Labute approximate surface area is 373 Å². The number of nitrogens with zero attached hydrogens (tertiary/aromatic N) is 1. The van der Waals surface area contributed by atoms with Crippen LogP contribution >= 0.6 is 0 Å². The molecule has 4 aliphatic rings. The predicted molar refractivity (Wildman–Crippen MR) is 262 cm³/mol. The van der Waals surface area contributed by atoms with E-state index in [1.54, 1.807) is 0 Å². The van der Waals surface area contributed by atoms with Crippen molar-refractivity contribution >= 4 is 63.3 Å². The Morgan fingerprint density at radius 1 is 0.444 bits per heavy atom. The van der Waals surface area contributed by atoms with Crippen LogP contribution in [0, 0.1) is 0 Å². The molecule has 2 fully saturated rings. The summed E-state index contributed by atoms with van der Waals surface area (Å²) in [4.78, 5) is 2.57. The van der Waals surface area contributed by atoms with Gasteiger partial charge in [0.2, 0.25) is 26.0 Å². The first-order chi connectivity index (χ1) is 30.3. The van der Waals surface area contributed by atoms with Gasteiger partial charge in [-0.2, -0.15) is 0 Å². The van der Waals surface area contributed by atoms with Gasteiger partial charge in [-0.25, -0.2) is 0 Å². The van der Waals surface area contributed by atoms with E-state index in [1.807, 2.05) is 13.8 Å². The third-order valence-electron chi connectivity index (χ3n) is 13.5. The summed E-state index contributed by atoms with van der Waals surface area (Å²) in [6.07, 6.45) is -0.0823. The van der Waals surface area contributed by atoms with Gasteiger partial charge in [0.25, 0.3) is 0 Å². The molecule has 0 aliphatic carbocycles. The van der Waals surface area contributed by atoms with Crippen molar-refractivity contribution in [3.05, 3.63) is 163 Å².